The number of imidazole rings is 1. The van der Waals surface area contributed by atoms with Gasteiger partial charge in [0.1, 0.15) is 11.5 Å². The van der Waals surface area contributed by atoms with Crippen LogP contribution in [-0.2, 0) is 18.9 Å². The molecule has 1 aromatic carbocycles. The zero-order chi connectivity index (χ0) is 19.1. The Kier molecular flexibility index (Phi) is 4.24. The number of benzene rings is 1. The van der Waals surface area contributed by atoms with Crippen LogP contribution in [0.5, 0.6) is 0 Å². The SMILES string of the molecule is Fc1cc(CNc2nc(C(F)(F)F)cc3nccn23)ccc1C(F)(F)F. The molecule has 0 bridgehead atoms. The number of anilines is 1. The van der Waals surface area contributed by atoms with Crippen LogP contribution < -0.4 is 5.32 Å². The topological polar surface area (TPSA) is 42.2 Å². The second-order valence-corrected chi connectivity index (χ2v) is 5.28. The quantitative estimate of drug-likeness (QED) is 0.682. The maximum absolute atomic E-state index is 13.6. The van der Waals surface area contributed by atoms with E-state index >= 15 is 0 Å². The summed E-state index contributed by atoms with van der Waals surface area (Å²) in [5.74, 6) is -1.70. The van der Waals surface area contributed by atoms with Gasteiger partial charge in [0.05, 0.1) is 5.56 Å². The van der Waals surface area contributed by atoms with E-state index in [1.165, 1.54) is 16.8 Å². The highest BCUT2D eigenvalue weighted by Gasteiger charge is 2.34. The number of hydrogen-bond acceptors (Lipinski definition) is 3. The van der Waals surface area contributed by atoms with Crippen LogP contribution in [-0.4, -0.2) is 14.4 Å². The lowest BCUT2D eigenvalue weighted by Crippen LogP contribution is -2.14. The molecule has 2 aromatic heterocycles. The number of nitrogens with zero attached hydrogens (tertiary/aromatic N) is 3. The van der Waals surface area contributed by atoms with Gasteiger partial charge >= 0.3 is 12.4 Å². The standard InChI is InChI=1S/C15H9F7N4/c16-10-5-8(1-2-9(10)14(17,18)19)7-24-13-25-11(15(20,21)22)6-12-23-3-4-26(12)13/h1-6H,7H2,(H,24,25). The summed E-state index contributed by atoms with van der Waals surface area (Å²) in [5.41, 5.74) is -2.52. The van der Waals surface area contributed by atoms with Gasteiger partial charge < -0.3 is 5.32 Å². The second kappa shape index (κ2) is 6.15. The first kappa shape index (κ1) is 18.0. The number of rotatable bonds is 3. The van der Waals surface area contributed by atoms with Crippen molar-refractivity contribution in [1.82, 2.24) is 14.4 Å². The summed E-state index contributed by atoms with van der Waals surface area (Å²) in [6.07, 6.45) is -6.91. The summed E-state index contributed by atoms with van der Waals surface area (Å²) in [5, 5.41) is 2.55. The van der Waals surface area contributed by atoms with Crippen molar-refractivity contribution in [2.45, 2.75) is 18.9 Å². The highest BCUT2D eigenvalue weighted by atomic mass is 19.4. The first-order chi connectivity index (χ1) is 12.1. The van der Waals surface area contributed by atoms with E-state index in [0.717, 1.165) is 12.1 Å². The zero-order valence-corrected chi connectivity index (χ0v) is 12.7. The molecule has 0 radical (unpaired) electrons. The van der Waals surface area contributed by atoms with Crippen LogP contribution in [0.15, 0.2) is 36.7 Å². The van der Waals surface area contributed by atoms with E-state index in [4.69, 9.17) is 0 Å². The van der Waals surface area contributed by atoms with Crippen LogP contribution in [0.4, 0.5) is 36.7 Å². The van der Waals surface area contributed by atoms with Gasteiger partial charge in [-0.15, -0.1) is 0 Å². The van der Waals surface area contributed by atoms with Crippen molar-refractivity contribution in [3.8, 4) is 0 Å². The fourth-order valence-electron chi connectivity index (χ4n) is 2.27. The van der Waals surface area contributed by atoms with E-state index in [2.05, 4.69) is 15.3 Å². The minimum atomic E-state index is -4.83. The van der Waals surface area contributed by atoms with Crippen LogP contribution in [0.2, 0.25) is 0 Å². The lowest BCUT2D eigenvalue weighted by Gasteiger charge is -2.13. The summed E-state index contributed by atoms with van der Waals surface area (Å²) in [4.78, 5) is 7.21. The largest absolute Gasteiger partial charge is 0.433 e. The maximum Gasteiger partial charge on any atom is 0.433 e. The molecule has 0 aliphatic carbocycles. The lowest BCUT2D eigenvalue weighted by atomic mass is 10.1. The Morgan fingerprint density at radius 2 is 1.73 bits per heavy atom. The van der Waals surface area contributed by atoms with Crippen LogP contribution in [0.3, 0.4) is 0 Å². The lowest BCUT2D eigenvalue weighted by molar-refractivity contribution is -0.141. The molecule has 0 saturated heterocycles. The van der Waals surface area contributed by atoms with Crippen molar-refractivity contribution >= 4 is 11.6 Å². The molecule has 0 atom stereocenters. The van der Waals surface area contributed by atoms with E-state index in [-0.39, 0.29) is 23.7 Å². The normalized spacial score (nSPS) is 12.6. The Balaban J connectivity index is 1.88. The van der Waals surface area contributed by atoms with E-state index < -0.39 is 29.4 Å². The van der Waals surface area contributed by atoms with Crippen molar-refractivity contribution in [3.63, 3.8) is 0 Å². The highest BCUT2D eigenvalue weighted by Crippen LogP contribution is 2.32. The Hall–Kier alpha value is -2.85. The van der Waals surface area contributed by atoms with Crippen LogP contribution in [0.25, 0.3) is 5.65 Å². The van der Waals surface area contributed by atoms with Crippen LogP contribution in [0.1, 0.15) is 16.8 Å². The molecule has 3 rings (SSSR count). The minimum absolute atomic E-state index is 0.0200. The summed E-state index contributed by atoms with van der Waals surface area (Å²) in [7, 11) is 0. The third-order valence-corrected chi connectivity index (χ3v) is 3.47. The van der Waals surface area contributed by atoms with E-state index in [1.807, 2.05) is 0 Å². The molecule has 0 fully saturated rings. The van der Waals surface area contributed by atoms with Crippen molar-refractivity contribution in [3.05, 3.63) is 59.3 Å². The molecule has 138 valence electrons. The Morgan fingerprint density at radius 1 is 1.00 bits per heavy atom. The first-order valence-corrected chi connectivity index (χ1v) is 7.06. The Labute approximate surface area is 141 Å². The predicted molar refractivity (Wildman–Crippen MR) is 76.7 cm³/mol. The zero-order valence-electron chi connectivity index (χ0n) is 12.7. The molecule has 0 spiro atoms. The number of aromatic nitrogens is 3. The maximum atomic E-state index is 13.6. The third kappa shape index (κ3) is 3.55. The van der Waals surface area contributed by atoms with Gasteiger partial charge in [-0.2, -0.15) is 26.3 Å². The number of fused-ring (bicyclic) bond motifs is 1. The number of halogens is 7. The smallest absolute Gasteiger partial charge is 0.351 e. The Morgan fingerprint density at radius 3 is 2.35 bits per heavy atom. The molecule has 4 nitrogen and oxygen atoms in total. The fourth-order valence-corrected chi connectivity index (χ4v) is 2.27. The predicted octanol–water partition coefficient (Wildman–Crippen LogP) is 4.52. The summed E-state index contributed by atoms with van der Waals surface area (Å²) >= 11 is 0. The van der Waals surface area contributed by atoms with Crippen LogP contribution >= 0.6 is 0 Å². The van der Waals surface area contributed by atoms with Crippen molar-refractivity contribution in [2.75, 3.05) is 5.32 Å². The summed E-state index contributed by atoms with van der Waals surface area (Å²) in [6.45, 7) is -0.239. The van der Waals surface area contributed by atoms with Crippen molar-refractivity contribution in [2.24, 2.45) is 0 Å². The average Bonchev–Trinajstić information content (AvgIpc) is 2.99. The molecule has 11 heteroatoms. The number of nitrogens with one attached hydrogen (secondary N) is 1. The monoisotopic (exact) mass is 378 g/mol. The van der Waals surface area contributed by atoms with Crippen molar-refractivity contribution < 1.29 is 30.7 Å². The Bertz CT molecular complexity index is 943. The molecular formula is C15H9F7N4. The second-order valence-electron chi connectivity index (χ2n) is 5.28. The van der Waals surface area contributed by atoms with E-state index in [9.17, 15) is 30.7 Å². The number of alkyl halides is 6. The molecule has 0 saturated carbocycles. The molecule has 0 amide bonds. The van der Waals surface area contributed by atoms with Crippen molar-refractivity contribution in [1.29, 1.82) is 0 Å². The average molecular weight is 378 g/mol. The highest BCUT2D eigenvalue weighted by molar-refractivity contribution is 5.48. The van der Waals surface area contributed by atoms with Gasteiger partial charge in [0.2, 0.25) is 5.95 Å². The van der Waals surface area contributed by atoms with Gasteiger partial charge in [0.15, 0.2) is 5.69 Å². The number of hydrogen-bond donors (Lipinski definition) is 1. The van der Waals surface area contributed by atoms with E-state index in [0.29, 0.717) is 12.1 Å². The molecule has 3 aromatic rings. The molecule has 0 unspecified atom stereocenters. The minimum Gasteiger partial charge on any atom is -0.351 e. The van der Waals surface area contributed by atoms with Gasteiger partial charge in [-0.05, 0) is 17.7 Å². The van der Waals surface area contributed by atoms with Gasteiger partial charge in [0.25, 0.3) is 0 Å². The van der Waals surface area contributed by atoms with E-state index in [1.54, 1.807) is 0 Å². The molecule has 0 aliphatic heterocycles. The third-order valence-electron chi connectivity index (χ3n) is 3.47. The molecule has 1 N–H and O–H groups in total. The van der Waals surface area contributed by atoms with Gasteiger partial charge in [0, 0.05) is 25.0 Å². The fraction of sp³-hybridized carbons (Fsp3) is 0.200. The van der Waals surface area contributed by atoms with Gasteiger partial charge in [-0.1, -0.05) is 6.07 Å². The molecular weight excluding hydrogens is 369 g/mol. The van der Waals surface area contributed by atoms with Gasteiger partial charge in [-0.3, -0.25) is 4.40 Å². The van der Waals surface area contributed by atoms with Crippen LogP contribution in [0, 0.1) is 5.82 Å². The summed E-state index contributed by atoms with van der Waals surface area (Å²) in [6, 6.07) is 3.01. The first-order valence-electron chi connectivity index (χ1n) is 7.06. The molecule has 2 heterocycles. The summed E-state index contributed by atoms with van der Waals surface area (Å²) < 4.78 is 91.1. The molecule has 0 aliphatic rings. The van der Waals surface area contributed by atoms with Gasteiger partial charge in [-0.25, -0.2) is 14.4 Å². The molecule has 26 heavy (non-hydrogen) atoms.